The number of fused-ring (bicyclic) bond motifs is 1. The van der Waals surface area contributed by atoms with Gasteiger partial charge in [-0.25, -0.2) is 0 Å². The van der Waals surface area contributed by atoms with E-state index in [4.69, 9.17) is 0 Å². The quantitative estimate of drug-likeness (QED) is 0.287. The Balaban J connectivity index is 1.09. The largest absolute Gasteiger partial charge is 0.299 e. The number of hydrogen-bond donors (Lipinski definition) is 0. The van der Waals surface area contributed by atoms with E-state index in [2.05, 4.69) is 94.7 Å². The molecule has 2 aliphatic heterocycles. The van der Waals surface area contributed by atoms with E-state index in [-0.39, 0.29) is 5.92 Å². The first kappa shape index (κ1) is 25.9. The fourth-order valence-electron chi connectivity index (χ4n) is 6.27. The third-order valence-corrected chi connectivity index (χ3v) is 8.45. The molecule has 0 aromatic heterocycles. The van der Waals surface area contributed by atoms with Gasteiger partial charge < -0.3 is 0 Å². The number of likely N-dealkylation sites (tertiary alicyclic amines) is 1. The van der Waals surface area contributed by atoms with Crippen molar-refractivity contribution >= 4 is 5.78 Å². The number of benzene rings is 3. The molecule has 0 saturated carbocycles. The highest BCUT2D eigenvalue weighted by atomic mass is 16.1. The summed E-state index contributed by atoms with van der Waals surface area (Å²) < 4.78 is 0. The molecule has 3 nitrogen and oxygen atoms in total. The second kappa shape index (κ2) is 13.2. The van der Waals surface area contributed by atoms with Gasteiger partial charge in [-0.3, -0.25) is 14.6 Å². The van der Waals surface area contributed by atoms with E-state index in [1.807, 2.05) is 0 Å². The van der Waals surface area contributed by atoms with Gasteiger partial charge in [0.2, 0.25) is 0 Å². The van der Waals surface area contributed by atoms with Crippen LogP contribution in [0.4, 0.5) is 0 Å². The molecule has 0 bridgehead atoms. The lowest BCUT2D eigenvalue weighted by molar-refractivity contribution is -0.121. The second-order valence-electron chi connectivity index (χ2n) is 11.1. The number of ketones is 1. The van der Waals surface area contributed by atoms with Crippen molar-refractivity contribution in [3.63, 3.8) is 0 Å². The standard InChI is InChI=1S/C34H42N2O/c37-34(18-10-7-11-28-19-22-35(23-20-28)25-29-12-3-1-4-13-29)33-27-36(26-30-14-5-2-6-15-30)24-21-31-16-8-9-17-32(31)33/h1-6,8-9,12-17,28,33H,7,10-11,18-27H2. The molecule has 5 rings (SSSR count). The van der Waals surface area contributed by atoms with Crippen molar-refractivity contribution < 1.29 is 4.79 Å². The molecule has 1 atom stereocenters. The predicted molar refractivity (Wildman–Crippen MR) is 153 cm³/mol. The van der Waals surface area contributed by atoms with Gasteiger partial charge in [0.15, 0.2) is 0 Å². The minimum Gasteiger partial charge on any atom is -0.299 e. The first-order chi connectivity index (χ1) is 18.2. The average Bonchev–Trinajstić information content (AvgIpc) is 3.13. The Bertz CT molecular complexity index is 1100. The number of carbonyl (C=O) groups is 1. The molecule has 0 radical (unpaired) electrons. The van der Waals surface area contributed by atoms with Crippen molar-refractivity contribution in [3.8, 4) is 0 Å². The van der Waals surface area contributed by atoms with E-state index in [0.717, 1.165) is 44.9 Å². The van der Waals surface area contributed by atoms with Crippen molar-refractivity contribution in [2.45, 2.75) is 64.0 Å². The molecule has 3 aromatic carbocycles. The fourth-order valence-corrected chi connectivity index (χ4v) is 6.27. The summed E-state index contributed by atoms with van der Waals surface area (Å²) in [5.74, 6) is 1.26. The molecular formula is C34H42N2O. The number of Topliss-reactive ketones (excluding diaryl/α,β-unsaturated/α-hetero) is 1. The Labute approximate surface area is 223 Å². The van der Waals surface area contributed by atoms with Crippen LogP contribution in [0.1, 0.15) is 66.7 Å². The monoisotopic (exact) mass is 494 g/mol. The van der Waals surface area contributed by atoms with E-state index in [1.54, 1.807) is 0 Å². The summed E-state index contributed by atoms with van der Waals surface area (Å²) >= 11 is 0. The van der Waals surface area contributed by atoms with Crippen LogP contribution in [-0.2, 0) is 24.3 Å². The zero-order valence-electron chi connectivity index (χ0n) is 22.2. The van der Waals surface area contributed by atoms with E-state index in [0.29, 0.717) is 12.2 Å². The number of hydrogen-bond acceptors (Lipinski definition) is 3. The highest BCUT2D eigenvalue weighted by Crippen LogP contribution is 2.30. The summed E-state index contributed by atoms with van der Waals surface area (Å²) in [4.78, 5) is 18.6. The molecule has 1 fully saturated rings. The van der Waals surface area contributed by atoms with Crippen LogP contribution in [0.2, 0.25) is 0 Å². The maximum Gasteiger partial charge on any atom is 0.141 e. The summed E-state index contributed by atoms with van der Waals surface area (Å²) in [6, 6.07) is 30.2. The van der Waals surface area contributed by atoms with Crippen molar-refractivity contribution in [1.29, 1.82) is 0 Å². The van der Waals surface area contributed by atoms with Gasteiger partial charge in [0.05, 0.1) is 5.92 Å². The molecule has 1 unspecified atom stereocenters. The van der Waals surface area contributed by atoms with Crippen molar-refractivity contribution in [3.05, 3.63) is 107 Å². The smallest absolute Gasteiger partial charge is 0.141 e. The molecule has 3 heteroatoms. The minimum absolute atomic E-state index is 0.00337. The molecule has 1 saturated heterocycles. The van der Waals surface area contributed by atoms with Gasteiger partial charge in [0.25, 0.3) is 0 Å². The summed E-state index contributed by atoms with van der Waals surface area (Å²) in [6.07, 6.45) is 7.81. The molecular weight excluding hydrogens is 452 g/mol. The molecule has 2 aliphatic rings. The Morgan fingerprint density at radius 1 is 0.703 bits per heavy atom. The van der Waals surface area contributed by atoms with Gasteiger partial charge in [-0.2, -0.15) is 0 Å². The van der Waals surface area contributed by atoms with Crippen molar-refractivity contribution in [2.24, 2.45) is 5.92 Å². The lowest BCUT2D eigenvalue weighted by Gasteiger charge is -2.32. The van der Waals surface area contributed by atoms with E-state index in [9.17, 15) is 4.79 Å². The Kier molecular flexibility index (Phi) is 9.21. The lowest BCUT2D eigenvalue weighted by Crippen LogP contribution is -2.33. The number of piperidine rings is 1. The van der Waals surface area contributed by atoms with Crippen LogP contribution in [0.25, 0.3) is 0 Å². The normalized spacial score (nSPS) is 19.3. The van der Waals surface area contributed by atoms with Gasteiger partial charge >= 0.3 is 0 Å². The third kappa shape index (κ3) is 7.40. The fraction of sp³-hybridized carbons (Fsp3) is 0.441. The number of unbranched alkanes of at least 4 members (excludes halogenated alkanes) is 1. The zero-order chi connectivity index (χ0) is 25.3. The number of rotatable bonds is 10. The molecule has 2 heterocycles. The van der Waals surface area contributed by atoms with Crippen LogP contribution in [0.15, 0.2) is 84.9 Å². The first-order valence-electron chi connectivity index (χ1n) is 14.4. The minimum atomic E-state index is 0.00337. The van der Waals surface area contributed by atoms with E-state index < -0.39 is 0 Å². The maximum atomic E-state index is 13.5. The maximum absolute atomic E-state index is 13.5. The topological polar surface area (TPSA) is 23.6 Å². The molecule has 0 N–H and O–H groups in total. The Morgan fingerprint density at radius 3 is 2.03 bits per heavy atom. The predicted octanol–water partition coefficient (Wildman–Crippen LogP) is 6.87. The van der Waals surface area contributed by atoms with Crippen molar-refractivity contribution in [1.82, 2.24) is 9.80 Å². The van der Waals surface area contributed by atoms with Gasteiger partial charge in [-0.05, 0) is 66.9 Å². The molecule has 0 aliphatic carbocycles. The van der Waals surface area contributed by atoms with E-state index in [1.165, 1.54) is 61.0 Å². The van der Waals surface area contributed by atoms with Gasteiger partial charge in [0, 0.05) is 32.6 Å². The highest BCUT2D eigenvalue weighted by molar-refractivity contribution is 5.86. The summed E-state index contributed by atoms with van der Waals surface area (Å²) in [7, 11) is 0. The molecule has 0 spiro atoms. The first-order valence-corrected chi connectivity index (χ1v) is 14.4. The van der Waals surface area contributed by atoms with Crippen LogP contribution in [0, 0.1) is 5.92 Å². The summed E-state index contributed by atoms with van der Waals surface area (Å²) in [5.41, 5.74) is 5.38. The van der Waals surface area contributed by atoms with Crippen LogP contribution in [-0.4, -0.2) is 41.8 Å². The zero-order valence-corrected chi connectivity index (χ0v) is 22.2. The second-order valence-corrected chi connectivity index (χ2v) is 11.1. The van der Waals surface area contributed by atoms with Crippen LogP contribution in [0.5, 0.6) is 0 Å². The molecule has 3 aromatic rings. The Morgan fingerprint density at radius 2 is 1.32 bits per heavy atom. The van der Waals surface area contributed by atoms with Gasteiger partial charge in [0.1, 0.15) is 5.78 Å². The Hall–Kier alpha value is -2.75. The third-order valence-electron chi connectivity index (χ3n) is 8.45. The molecule has 0 amide bonds. The van der Waals surface area contributed by atoms with Crippen LogP contribution >= 0.6 is 0 Å². The molecule has 194 valence electrons. The number of carbonyl (C=O) groups excluding carboxylic acids is 1. The summed E-state index contributed by atoms with van der Waals surface area (Å²) in [6.45, 7) is 6.25. The van der Waals surface area contributed by atoms with Crippen LogP contribution < -0.4 is 0 Å². The number of nitrogens with zero attached hydrogens (tertiary/aromatic N) is 2. The van der Waals surface area contributed by atoms with Gasteiger partial charge in [-0.15, -0.1) is 0 Å². The average molecular weight is 495 g/mol. The van der Waals surface area contributed by atoms with Crippen molar-refractivity contribution in [2.75, 3.05) is 26.2 Å². The van der Waals surface area contributed by atoms with Crippen LogP contribution in [0.3, 0.4) is 0 Å². The SMILES string of the molecule is O=C(CCCCC1CCN(Cc2ccccc2)CC1)C1CN(Cc2ccccc2)CCc2ccccc21. The van der Waals surface area contributed by atoms with Gasteiger partial charge in [-0.1, -0.05) is 97.8 Å². The lowest BCUT2D eigenvalue weighted by atomic mass is 9.87. The highest BCUT2D eigenvalue weighted by Gasteiger charge is 2.28. The summed E-state index contributed by atoms with van der Waals surface area (Å²) in [5, 5.41) is 0. The molecule has 37 heavy (non-hydrogen) atoms. The van der Waals surface area contributed by atoms with E-state index >= 15 is 0 Å².